The Hall–Kier alpha value is -3.37. The highest BCUT2D eigenvalue weighted by Crippen LogP contribution is 2.27. The Labute approximate surface area is 250 Å². The molecule has 0 heterocycles. The summed E-state index contributed by atoms with van der Waals surface area (Å²) in [4.78, 5) is 29.0. The summed E-state index contributed by atoms with van der Waals surface area (Å²) in [6.07, 6.45) is 5.11. The van der Waals surface area contributed by atoms with Gasteiger partial charge in [-0.25, -0.2) is 8.42 Å². The SMILES string of the molecule is COc1ccc(CN(C(=O)CN(c2cccc(Br)c2)S(=O)(=O)c2ccccc2)C(C)C(=O)NC2CCCCC2)cc1. The Morgan fingerprint density at radius 1 is 0.976 bits per heavy atom. The van der Waals surface area contributed by atoms with Crippen LogP contribution in [0.1, 0.15) is 44.6 Å². The van der Waals surface area contributed by atoms with Crippen LogP contribution in [0.2, 0.25) is 0 Å². The summed E-state index contributed by atoms with van der Waals surface area (Å²) >= 11 is 3.41. The van der Waals surface area contributed by atoms with Gasteiger partial charge < -0.3 is 15.0 Å². The second-order valence-corrected chi connectivity index (χ2v) is 13.0. The van der Waals surface area contributed by atoms with Crippen molar-refractivity contribution in [3.8, 4) is 5.75 Å². The number of benzene rings is 3. The van der Waals surface area contributed by atoms with Gasteiger partial charge in [0.15, 0.2) is 0 Å². The molecule has 3 aromatic carbocycles. The van der Waals surface area contributed by atoms with E-state index in [4.69, 9.17) is 4.74 Å². The molecule has 4 rings (SSSR count). The first-order valence-corrected chi connectivity index (χ1v) is 16.0. The molecule has 0 radical (unpaired) electrons. The largest absolute Gasteiger partial charge is 0.497 e. The molecule has 0 aromatic heterocycles. The number of ether oxygens (including phenoxy) is 1. The van der Waals surface area contributed by atoms with Crippen LogP contribution in [0.5, 0.6) is 5.75 Å². The van der Waals surface area contributed by atoms with Crippen LogP contribution in [-0.4, -0.2) is 50.9 Å². The predicted octanol–water partition coefficient (Wildman–Crippen LogP) is 5.52. The summed E-state index contributed by atoms with van der Waals surface area (Å²) in [5.41, 5.74) is 1.12. The lowest BCUT2D eigenvalue weighted by Gasteiger charge is -2.33. The molecular formula is C31H36BrN3O5S. The number of methoxy groups -OCH3 is 1. The van der Waals surface area contributed by atoms with E-state index in [0.29, 0.717) is 15.9 Å². The van der Waals surface area contributed by atoms with Crippen LogP contribution in [-0.2, 0) is 26.2 Å². The average Bonchev–Trinajstić information content (AvgIpc) is 2.99. The minimum absolute atomic E-state index is 0.0672. The molecule has 218 valence electrons. The van der Waals surface area contributed by atoms with E-state index >= 15 is 0 Å². The van der Waals surface area contributed by atoms with Gasteiger partial charge in [-0.05, 0) is 67.8 Å². The number of anilines is 1. The number of carbonyl (C=O) groups is 2. The molecule has 2 amide bonds. The Bertz CT molecular complexity index is 1430. The quantitative estimate of drug-likeness (QED) is 0.297. The molecule has 0 bridgehead atoms. The minimum Gasteiger partial charge on any atom is -0.497 e. The predicted molar refractivity (Wildman–Crippen MR) is 163 cm³/mol. The van der Waals surface area contributed by atoms with Crippen molar-refractivity contribution in [3.05, 3.63) is 88.9 Å². The topological polar surface area (TPSA) is 96.0 Å². The summed E-state index contributed by atoms with van der Waals surface area (Å²) in [6.45, 7) is 1.33. The summed E-state index contributed by atoms with van der Waals surface area (Å²) in [6, 6.07) is 21.3. The lowest BCUT2D eigenvalue weighted by molar-refractivity contribution is -0.139. The van der Waals surface area contributed by atoms with Gasteiger partial charge in [0.05, 0.1) is 17.7 Å². The van der Waals surface area contributed by atoms with Gasteiger partial charge in [0.1, 0.15) is 18.3 Å². The number of hydrogen-bond acceptors (Lipinski definition) is 5. The van der Waals surface area contributed by atoms with Crippen molar-refractivity contribution in [1.29, 1.82) is 0 Å². The van der Waals surface area contributed by atoms with E-state index in [2.05, 4.69) is 21.2 Å². The van der Waals surface area contributed by atoms with E-state index in [1.54, 1.807) is 68.6 Å². The highest BCUT2D eigenvalue weighted by molar-refractivity contribution is 9.10. The molecule has 1 fully saturated rings. The van der Waals surface area contributed by atoms with E-state index in [0.717, 1.165) is 42.0 Å². The normalized spacial score (nSPS) is 14.6. The number of amides is 2. The summed E-state index contributed by atoms with van der Waals surface area (Å²) in [5.74, 6) is -0.0743. The van der Waals surface area contributed by atoms with Crippen molar-refractivity contribution in [3.63, 3.8) is 0 Å². The Kier molecular flexibility index (Phi) is 10.4. The fourth-order valence-electron chi connectivity index (χ4n) is 4.96. The lowest BCUT2D eigenvalue weighted by atomic mass is 9.95. The molecule has 1 unspecified atom stereocenters. The second kappa shape index (κ2) is 14.0. The van der Waals surface area contributed by atoms with Crippen LogP contribution in [0, 0.1) is 0 Å². The summed E-state index contributed by atoms with van der Waals surface area (Å²) < 4.78 is 34.7. The van der Waals surface area contributed by atoms with Crippen LogP contribution >= 0.6 is 15.9 Å². The van der Waals surface area contributed by atoms with E-state index in [1.807, 2.05) is 12.1 Å². The van der Waals surface area contributed by atoms with Crippen LogP contribution in [0.4, 0.5) is 5.69 Å². The van der Waals surface area contributed by atoms with Crippen molar-refractivity contribution >= 4 is 43.5 Å². The smallest absolute Gasteiger partial charge is 0.264 e. The fraction of sp³-hybridized carbons (Fsp3) is 0.355. The van der Waals surface area contributed by atoms with Crippen molar-refractivity contribution in [1.82, 2.24) is 10.2 Å². The third-order valence-electron chi connectivity index (χ3n) is 7.34. The molecule has 8 nitrogen and oxygen atoms in total. The Morgan fingerprint density at radius 3 is 2.29 bits per heavy atom. The first kappa shape index (κ1) is 30.6. The van der Waals surface area contributed by atoms with Gasteiger partial charge >= 0.3 is 0 Å². The molecule has 1 saturated carbocycles. The molecular weight excluding hydrogens is 606 g/mol. The maximum Gasteiger partial charge on any atom is 0.264 e. The van der Waals surface area contributed by atoms with Gasteiger partial charge in [-0.2, -0.15) is 0 Å². The molecule has 0 spiro atoms. The fourth-order valence-corrected chi connectivity index (χ4v) is 6.77. The average molecular weight is 643 g/mol. The zero-order valence-electron chi connectivity index (χ0n) is 23.3. The van der Waals surface area contributed by atoms with Crippen molar-refractivity contribution in [2.75, 3.05) is 18.0 Å². The Morgan fingerprint density at radius 2 is 1.66 bits per heavy atom. The first-order valence-electron chi connectivity index (χ1n) is 13.7. The lowest BCUT2D eigenvalue weighted by Crippen LogP contribution is -2.53. The van der Waals surface area contributed by atoms with Crippen molar-refractivity contribution in [2.45, 2.75) is 62.6 Å². The number of halogens is 1. The zero-order chi connectivity index (χ0) is 29.4. The summed E-state index contributed by atoms with van der Waals surface area (Å²) in [5, 5.41) is 3.12. The second-order valence-electron chi connectivity index (χ2n) is 10.2. The number of carbonyl (C=O) groups excluding carboxylic acids is 2. The maximum absolute atomic E-state index is 14.1. The highest BCUT2D eigenvalue weighted by Gasteiger charge is 2.33. The zero-order valence-corrected chi connectivity index (χ0v) is 25.7. The van der Waals surface area contributed by atoms with Gasteiger partial charge in [-0.1, -0.05) is 71.6 Å². The molecule has 1 aliphatic carbocycles. The third-order valence-corrected chi connectivity index (χ3v) is 9.62. The van der Waals surface area contributed by atoms with E-state index < -0.39 is 28.5 Å². The standard InChI is InChI=1S/C31H36BrN3O5S/c1-23(31(37)33-26-11-5-3-6-12-26)34(21-24-16-18-28(40-2)19-17-24)30(36)22-35(27-13-9-10-25(32)20-27)41(38,39)29-14-7-4-8-15-29/h4,7-10,13-20,23,26H,3,5-6,11-12,21-22H2,1-2H3,(H,33,37). The molecule has 1 N–H and O–H groups in total. The van der Waals surface area contributed by atoms with Crippen LogP contribution < -0.4 is 14.4 Å². The van der Waals surface area contributed by atoms with Crippen molar-refractivity contribution < 1.29 is 22.7 Å². The van der Waals surface area contributed by atoms with Gasteiger partial charge in [-0.3, -0.25) is 13.9 Å². The van der Waals surface area contributed by atoms with Gasteiger partial charge in [0.2, 0.25) is 11.8 Å². The number of hydrogen-bond donors (Lipinski definition) is 1. The molecule has 0 saturated heterocycles. The summed E-state index contributed by atoms with van der Waals surface area (Å²) in [7, 11) is -2.53. The molecule has 0 aliphatic heterocycles. The van der Waals surface area contributed by atoms with Gasteiger partial charge in [-0.15, -0.1) is 0 Å². The minimum atomic E-state index is -4.10. The van der Waals surface area contributed by atoms with Crippen molar-refractivity contribution in [2.24, 2.45) is 0 Å². The monoisotopic (exact) mass is 641 g/mol. The van der Waals surface area contributed by atoms with Crippen LogP contribution in [0.15, 0.2) is 88.2 Å². The van der Waals surface area contributed by atoms with E-state index in [1.165, 1.54) is 17.0 Å². The molecule has 3 aromatic rings. The number of rotatable bonds is 11. The number of nitrogens with zero attached hydrogens (tertiary/aromatic N) is 2. The maximum atomic E-state index is 14.1. The highest BCUT2D eigenvalue weighted by atomic mass is 79.9. The Balaban J connectivity index is 1.66. The first-order chi connectivity index (χ1) is 19.7. The van der Waals surface area contributed by atoms with E-state index in [-0.39, 0.29) is 23.4 Å². The molecule has 1 atom stereocenters. The third kappa shape index (κ3) is 7.89. The molecule has 41 heavy (non-hydrogen) atoms. The molecule has 10 heteroatoms. The number of sulfonamides is 1. The van der Waals surface area contributed by atoms with Crippen LogP contribution in [0.25, 0.3) is 0 Å². The van der Waals surface area contributed by atoms with Gasteiger partial charge in [0, 0.05) is 17.1 Å². The van der Waals surface area contributed by atoms with E-state index in [9.17, 15) is 18.0 Å². The molecule has 1 aliphatic rings. The number of nitrogens with one attached hydrogen (secondary N) is 1. The van der Waals surface area contributed by atoms with Gasteiger partial charge in [0.25, 0.3) is 10.0 Å². The van der Waals surface area contributed by atoms with Crippen LogP contribution in [0.3, 0.4) is 0 Å².